The number of fused-ring (bicyclic) bond motifs is 1. The number of carbonyl (C=O) groups is 2. The van der Waals surface area contributed by atoms with E-state index in [1.807, 2.05) is 25.1 Å². The van der Waals surface area contributed by atoms with Gasteiger partial charge in [0.25, 0.3) is 5.91 Å². The Hall–Kier alpha value is -2.60. The number of benzene rings is 2. The van der Waals surface area contributed by atoms with Gasteiger partial charge in [0.1, 0.15) is 11.3 Å². The largest absolute Gasteiger partial charge is 0.497 e. The quantitative estimate of drug-likeness (QED) is 0.504. The number of hydrogen-bond donors (Lipinski definition) is 0. The van der Waals surface area contributed by atoms with E-state index in [9.17, 15) is 9.59 Å². The monoisotopic (exact) mass is 455 g/mol. The third kappa shape index (κ3) is 3.81. The van der Waals surface area contributed by atoms with Gasteiger partial charge in [0.2, 0.25) is 0 Å². The number of furan rings is 1. The Morgan fingerprint density at radius 3 is 2.45 bits per heavy atom. The number of Topliss-reactive ketones (excluding diaryl/α,β-unsaturated/α-hetero) is 1. The molecule has 5 nitrogen and oxygen atoms in total. The Morgan fingerprint density at radius 2 is 1.79 bits per heavy atom. The Bertz CT molecular complexity index is 1060. The first-order valence-corrected chi connectivity index (χ1v) is 10.4. The Labute approximate surface area is 177 Å². The van der Waals surface area contributed by atoms with Crippen molar-refractivity contribution in [2.75, 3.05) is 20.2 Å². The number of ketones is 1. The van der Waals surface area contributed by atoms with Gasteiger partial charge in [0.05, 0.1) is 7.11 Å². The number of hydrogen-bond acceptors (Lipinski definition) is 4. The lowest BCUT2D eigenvalue weighted by molar-refractivity contribution is 0.0625. The summed E-state index contributed by atoms with van der Waals surface area (Å²) >= 11 is 3.46. The first-order valence-electron chi connectivity index (χ1n) is 9.64. The van der Waals surface area contributed by atoms with Gasteiger partial charge in [-0.25, -0.2) is 0 Å². The molecule has 0 N–H and O–H groups in total. The van der Waals surface area contributed by atoms with Gasteiger partial charge in [-0.05, 0) is 62.2 Å². The fraction of sp³-hybridized carbons (Fsp3) is 0.304. The number of carbonyl (C=O) groups excluding carboxylic acids is 2. The van der Waals surface area contributed by atoms with Crippen LogP contribution in [0.5, 0.6) is 5.75 Å². The zero-order chi connectivity index (χ0) is 20.5. The number of halogens is 1. The summed E-state index contributed by atoms with van der Waals surface area (Å²) in [7, 11) is 1.60. The molecule has 1 fully saturated rings. The topological polar surface area (TPSA) is 59.8 Å². The average Bonchev–Trinajstić information content (AvgIpc) is 3.08. The number of ether oxygens (including phenoxy) is 1. The van der Waals surface area contributed by atoms with E-state index < -0.39 is 0 Å². The molecule has 6 heteroatoms. The molecule has 1 saturated heterocycles. The maximum absolute atomic E-state index is 13.0. The van der Waals surface area contributed by atoms with Crippen molar-refractivity contribution in [1.82, 2.24) is 4.90 Å². The maximum Gasteiger partial charge on any atom is 0.289 e. The van der Waals surface area contributed by atoms with Gasteiger partial charge in [-0.2, -0.15) is 0 Å². The summed E-state index contributed by atoms with van der Waals surface area (Å²) in [4.78, 5) is 27.6. The standard InChI is InChI=1S/C23H22BrNO4/c1-14-19-13-17(24)5-8-20(19)29-22(14)23(27)25-11-9-16(10-12-25)21(26)15-3-6-18(28-2)7-4-15/h3-8,13,16H,9-12H2,1-2H3. The van der Waals surface area contributed by atoms with Crippen molar-refractivity contribution in [3.63, 3.8) is 0 Å². The third-order valence-corrected chi connectivity index (χ3v) is 6.11. The van der Waals surface area contributed by atoms with Crippen LogP contribution in [0.4, 0.5) is 0 Å². The Kier molecular flexibility index (Phi) is 5.46. The summed E-state index contributed by atoms with van der Waals surface area (Å²) < 4.78 is 11.9. The number of rotatable bonds is 4. The number of amides is 1. The Balaban J connectivity index is 1.44. The van der Waals surface area contributed by atoms with Crippen molar-refractivity contribution in [2.24, 2.45) is 5.92 Å². The van der Waals surface area contributed by atoms with E-state index in [1.54, 1.807) is 36.3 Å². The van der Waals surface area contributed by atoms with Crippen LogP contribution < -0.4 is 4.74 Å². The first kappa shape index (κ1) is 19.7. The number of nitrogens with zero attached hydrogens (tertiary/aromatic N) is 1. The summed E-state index contributed by atoms with van der Waals surface area (Å²) in [5.74, 6) is 1.07. The van der Waals surface area contributed by atoms with Crippen LogP contribution >= 0.6 is 15.9 Å². The maximum atomic E-state index is 13.0. The highest BCUT2D eigenvalue weighted by Gasteiger charge is 2.30. The first-order chi connectivity index (χ1) is 14.0. The lowest BCUT2D eigenvalue weighted by atomic mass is 9.88. The molecule has 29 heavy (non-hydrogen) atoms. The van der Waals surface area contributed by atoms with E-state index in [0.29, 0.717) is 42.8 Å². The van der Waals surface area contributed by atoms with Gasteiger partial charge >= 0.3 is 0 Å². The van der Waals surface area contributed by atoms with Gasteiger partial charge < -0.3 is 14.1 Å². The number of likely N-dealkylation sites (tertiary alicyclic amines) is 1. The van der Waals surface area contributed by atoms with Crippen LogP contribution in [0.3, 0.4) is 0 Å². The molecule has 3 aromatic rings. The smallest absolute Gasteiger partial charge is 0.289 e. The predicted octanol–water partition coefficient (Wildman–Crippen LogP) is 5.25. The van der Waals surface area contributed by atoms with Crippen molar-refractivity contribution in [3.8, 4) is 5.75 Å². The molecule has 1 aliphatic heterocycles. The summed E-state index contributed by atoms with van der Waals surface area (Å²) in [5, 5.41) is 0.937. The fourth-order valence-electron chi connectivity index (χ4n) is 3.88. The molecule has 0 spiro atoms. The van der Waals surface area contributed by atoms with E-state index in [4.69, 9.17) is 9.15 Å². The second-order valence-electron chi connectivity index (χ2n) is 7.36. The van der Waals surface area contributed by atoms with E-state index in [2.05, 4.69) is 15.9 Å². The molecule has 2 aromatic carbocycles. The normalized spacial score (nSPS) is 14.9. The zero-order valence-corrected chi connectivity index (χ0v) is 18.0. The SMILES string of the molecule is COc1ccc(C(=O)C2CCN(C(=O)c3oc4ccc(Br)cc4c3C)CC2)cc1. The average molecular weight is 456 g/mol. The van der Waals surface area contributed by atoms with Crippen LogP contribution in [-0.2, 0) is 0 Å². The Morgan fingerprint density at radius 1 is 1.10 bits per heavy atom. The van der Waals surface area contributed by atoms with E-state index in [1.165, 1.54) is 0 Å². The van der Waals surface area contributed by atoms with E-state index in [0.717, 1.165) is 21.2 Å². The van der Waals surface area contributed by atoms with Gasteiger partial charge in [-0.3, -0.25) is 9.59 Å². The van der Waals surface area contributed by atoms with E-state index >= 15 is 0 Å². The lowest BCUT2D eigenvalue weighted by Crippen LogP contribution is -2.40. The van der Waals surface area contributed by atoms with Crippen molar-refractivity contribution in [3.05, 3.63) is 63.8 Å². The summed E-state index contributed by atoms with van der Waals surface area (Å²) in [6.45, 7) is 3.00. The molecular formula is C23H22BrNO4. The van der Waals surface area contributed by atoms with Crippen molar-refractivity contribution in [1.29, 1.82) is 0 Å². The third-order valence-electron chi connectivity index (χ3n) is 5.62. The van der Waals surface area contributed by atoms with Gasteiger partial charge in [-0.15, -0.1) is 0 Å². The van der Waals surface area contributed by atoms with Crippen LogP contribution in [0.15, 0.2) is 51.4 Å². The molecule has 1 aliphatic rings. The minimum absolute atomic E-state index is 0.0693. The second-order valence-corrected chi connectivity index (χ2v) is 8.27. The molecule has 1 amide bonds. The molecule has 150 valence electrons. The molecule has 0 bridgehead atoms. The van der Waals surface area contributed by atoms with E-state index in [-0.39, 0.29) is 17.6 Å². The zero-order valence-electron chi connectivity index (χ0n) is 16.4. The highest BCUT2D eigenvalue weighted by molar-refractivity contribution is 9.10. The molecule has 0 atom stereocenters. The number of methoxy groups -OCH3 is 1. The lowest BCUT2D eigenvalue weighted by Gasteiger charge is -2.31. The molecular weight excluding hydrogens is 434 g/mol. The molecule has 0 saturated carbocycles. The number of aryl methyl sites for hydroxylation is 1. The molecule has 0 aliphatic carbocycles. The van der Waals surface area contributed by atoms with Gasteiger partial charge in [0, 0.05) is 40.0 Å². The summed E-state index contributed by atoms with van der Waals surface area (Å²) in [5.41, 5.74) is 2.25. The number of piperidine rings is 1. The highest BCUT2D eigenvalue weighted by atomic mass is 79.9. The molecule has 2 heterocycles. The van der Waals surface area contributed by atoms with Crippen LogP contribution in [0, 0.1) is 12.8 Å². The van der Waals surface area contributed by atoms with Crippen LogP contribution in [0.1, 0.15) is 39.3 Å². The molecule has 1 aromatic heterocycles. The minimum Gasteiger partial charge on any atom is -0.497 e. The molecule has 4 rings (SSSR count). The van der Waals surface area contributed by atoms with Crippen molar-refractivity contribution >= 4 is 38.6 Å². The van der Waals surface area contributed by atoms with Gasteiger partial charge in [-0.1, -0.05) is 15.9 Å². The van der Waals surface area contributed by atoms with Gasteiger partial charge in [0.15, 0.2) is 11.5 Å². The fourth-order valence-corrected chi connectivity index (χ4v) is 4.24. The van der Waals surface area contributed by atoms with Crippen molar-refractivity contribution < 1.29 is 18.7 Å². The predicted molar refractivity (Wildman–Crippen MR) is 115 cm³/mol. The minimum atomic E-state index is -0.106. The molecule has 0 unspecified atom stereocenters. The molecule has 0 radical (unpaired) electrons. The van der Waals surface area contributed by atoms with Crippen LogP contribution in [0.25, 0.3) is 11.0 Å². The second kappa shape index (κ2) is 8.03. The van der Waals surface area contributed by atoms with Crippen LogP contribution in [0.2, 0.25) is 0 Å². The van der Waals surface area contributed by atoms with Crippen molar-refractivity contribution in [2.45, 2.75) is 19.8 Å². The summed E-state index contributed by atoms with van der Waals surface area (Å²) in [6, 6.07) is 12.9. The van der Waals surface area contributed by atoms with Crippen LogP contribution in [-0.4, -0.2) is 36.8 Å². The summed E-state index contributed by atoms with van der Waals surface area (Å²) in [6.07, 6.45) is 1.31. The highest BCUT2D eigenvalue weighted by Crippen LogP contribution is 2.30.